The van der Waals surface area contributed by atoms with Gasteiger partial charge in [0.25, 0.3) is 0 Å². The van der Waals surface area contributed by atoms with Gasteiger partial charge in [-0.1, -0.05) is 13.3 Å². The van der Waals surface area contributed by atoms with Crippen molar-refractivity contribution in [3.8, 4) is 11.5 Å². The molecule has 4 nitrogen and oxygen atoms in total. The molecule has 1 N–H and O–H groups in total. The zero-order chi connectivity index (χ0) is 15.5. The summed E-state index contributed by atoms with van der Waals surface area (Å²) in [5, 5.41) is 10.6. The van der Waals surface area contributed by atoms with Crippen molar-refractivity contribution in [1.82, 2.24) is 4.90 Å². The summed E-state index contributed by atoms with van der Waals surface area (Å²) in [4.78, 5) is 2.49. The molecule has 0 radical (unpaired) electrons. The molecule has 1 aromatic rings. The van der Waals surface area contributed by atoms with E-state index < -0.39 is 6.10 Å². The fraction of sp³-hybridized carbons (Fsp3) is 0.667. The first-order chi connectivity index (χ1) is 10.7. The van der Waals surface area contributed by atoms with Crippen molar-refractivity contribution in [1.29, 1.82) is 0 Å². The maximum absolute atomic E-state index is 10.6. The van der Waals surface area contributed by atoms with E-state index >= 15 is 0 Å². The number of rotatable bonds is 4. The Morgan fingerprint density at radius 2 is 2.18 bits per heavy atom. The van der Waals surface area contributed by atoms with Crippen molar-refractivity contribution < 1.29 is 14.6 Å². The molecule has 0 spiro atoms. The van der Waals surface area contributed by atoms with E-state index in [1.807, 2.05) is 25.1 Å². The van der Waals surface area contributed by atoms with Gasteiger partial charge in [-0.3, -0.25) is 4.90 Å². The average Bonchev–Trinajstić information content (AvgIpc) is 2.55. The van der Waals surface area contributed by atoms with E-state index in [4.69, 9.17) is 9.47 Å². The van der Waals surface area contributed by atoms with Gasteiger partial charge in [-0.2, -0.15) is 0 Å². The third-order valence-electron chi connectivity index (χ3n) is 4.89. The standard InChI is InChI=1S/C18H27NO3/c1-3-13-7-5-6-10-19(13)18-15-11-14(21-4-2)8-9-17(15)22-12-16(18)20/h8-9,11,13,16,18,20H,3-7,10,12H2,1-2H3. The van der Waals surface area contributed by atoms with Gasteiger partial charge in [0.15, 0.2) is 0 Å². The molecular formula is C18H27NO3. The number of ether oxygens (including phenoxy) is 2. The van der Waals surface area contributed by atoms with Crippen molar-refractivity contribution in [2.75, 3.05) is 19.8 Å². The topological polar surface area (TPSA) is 41.9 Å². The molecule has 0 aliphatic carbocycles. The van der Waals surface area contributed by atoms with Crippen LogP contribution < -0.4 is 9.47 Å². The Bertz CT molecular complexity index is 505. The molecule has 2 aliphatic rings. The molecule has 4 heteroatoms. The Hall–Kier alpha value is -1.26. The summed E-state index contributed by atoms with van der Waals surface area (Å²) in [6.07, 6.45) is 4.38. The van der Waals surface area contributed by atoms with E-state index in [0.717, 1.165) is 30.0 Å². The predicted molar refractivity (Wildman–Crippen MR) is 86.5 cm³/mol. The fourth-order valence-electron chi connectivity index (χ4n) is 3.85. The summed E-state index contributed by atoms with van der Waals surface area (Å²) in [7, 11) is 0. The molecule has 1 fully saturated rings. The molecule has 3 atom stereocenters. The highest BCUT2D eigenvalue weighted by Gasteiger charge is 2.38. The lowest BCUT2D eigenvalue weighted by Crippen LogP contribution is -2.48. The summed E-state index contributed by atoms with van der Waals surface area (Å²) in [5.74, 6) is 1.74. The SMILES string of the molecule is CCOc1ccc2c(c1)C(N1CCCCC1CC)C(O)CO2. The maximum atomic E-state index is 10.6. The minimum atomic E-state index is -0.475. The summed E-state index contributed by atoms with van der Waals surface area (Å²) >= 11 is 0. The molecule has 122 valence electrons. The Labute approximate surface area is 133 Å². The molecule has 2 aliphatic heterocycles. The largest absolute Gasteiger partial charge is 0.494 e. The van der Waals surface area contributed by atoms with Crippen LogP contribution in [0.25, 0.3) is 0 Å². The van der Waals surface area contributed by atoms with Crippen molar-refractivity contribution >= 4 is 0 Å². The Morgan fingerprint density at radius 3 is 2.95 bits per heavy atom. The van der Waals surface area contributed by atoms with Gasteiger partial charge in [0, 0.05) is 11.6 Å². The molecule has 2 heterocycles. The third kappa shape index (κ3) is 2.95. The number of likely N-dealkylation sites (tertiary alicyclic amines) is 1. The van der Waals surface area contributed by atoms with Gasteiger partial charge in [0.1, 0.15) is 24.2 Å². The van der Waals surface area contributed by atoms with E-state index in [0.29, 0.717) is 19.3 Å². The van der Waals surface area contributed by atoms with Crippen LogP contribution >= 0.6 is 0 Å². The monoisotopic (exact) mass is 305 g/mol. The van der Waals surface area contributed by atoms with Crippen molar-refractivity contribution in [3.63, 3.8) is 0 Å². The highest BCUT2D eigenvalue weighted by Crippen LogP contribution is 2.41. The van der Waals surface area contributed by atoms with E-state index in [1.54, 1.807) is 0 Å². The number of hydrogen-bond donors (Lipinski definition) is 1. The average molecular weight is 305 g/mol. The fourth-order valence-corrected chi connectivity index (χ4v) is 3.85. The van der Waals surface area contributed by atoms with E-state index in [9.17, 15) is 5.11 Å². The Kier molecular flexibility index (Phi) is 4.89. The van der Waals surface area contributed by atoms with Gasteiger partial charge in [-0.15, -0.1) is 0 Å². The van der Waals surface area contributed by atoms with Crippen molar-refractivity contribution in [2.45, 2.75) is 57.7 Å². The van der Waals surface area contributed by atoms with Crippen LogP contribution in [0.2, 0.25) is 0 Å². The van der Waals surface area contributed by atoms with E-state index in [2.05, 4.69) is 11.8 Å². The van der Waals surface area contributed by atoms with E-state index in [1.165, 1.54) is 19.3 Å². The quantitative estimate of drug-likeness (QED) is 0.928. The highest BCUT2D eigenvalue weighted by molar-refractivity contribution is 5.44. The number of fused-ring (bicyclic) bond motifs is 1. The van der Waals surface area contributed by atoms with Crippen LogP contribution in [0.1, 0.15) is 51.1 Å². The minimum Gasteiger partial charge on any atom is -0.494 e. The van der Waals surface area contributed by atoms with Gasteiger partial charge < -0.3 is 14.6 Å². The first-order valence-electron chi connectivity index (χ1n) is 8.58. The first-order valence-corrected chi connectivity index (χ1v) is 8.58. The number of piperidine rings is 1. The maximum Gasteiger partial charge on any atom is 0.124 e. The second-order valence-electron chi connectivity index (χ2n) is 6.25. The van der Waals surface area contributed by atoms with Gasteiger partial charge in [0.05, 0.1) is 12.6 Å². The lowest BCUT2D eigenvalue weighted by atomic mass is 9.90. The van der Waals surface area contributed by atoms with Gasteiger partial charge in [-0.25, -0.2) is 0 Å². The molecule has 0 saturated carbocycles. The van der Waals surface area contributed by atoms with Crippen LogP contribution in [-0.4, -0.2) is 41.9 Å². The zero-order valence-corrected chi connectivity index (χ0v) is 13.6. The zero-order valence-electron chi connectivity index (χ0n) is 13.6. The Morgan fingerprint density at radius 1 is 1.32 bits per heavy atom. The number of benzene rings is 1. The second-order valence-corrected chi connectivity index (χ2v) is 6.25. The smallest absolute Gasteiger partial charge is 0.124 e. The van der Waals surface area contributed by atoms with Gasteiger partial charge in [0.2, 0.25) is 0 Å². The van der Waals surface area contributed by atoms with Crippen LogP contribution in [0.3, 0.4) is 0 Å². The van der Waals surface area contributed by atoms with Gasteiger partial charge >= 0.3 is 0 Å². The molecule has 1 saturated heterocycles. The summed E-state index contributed by atoms with van der Waals surface area (Å²) in [6, 6.07) is 6.55. The van der Waals surface area contributed by atoms with Crippen LogP contribution in [0.5, 0.6) is 11.5 Å². The number of aliphatic hydroxyl groups is 1. The lowest BCUT2D eigenvalue weighted by Gasteiger charge is -2.45. The van der Waals surface area contributed by atoms with Crippen molar-refractivity contribution in [3.05, 3.63) is 23.8 Å². The molecular weight excluding hydrogens is 278 g/mol. The molecule has 1 aromatic carbocycles. The number of nitrogens with zero attached hydrogens (tertiary/aromatic N) is 1. The van der Waals surface area contributed by atoms with Crippen LogP contribution in [-0.2, 0) is 0 Å². The minimum absolute atomic E-state index is 0.0226. The number of aliphatic hydroxyl groups excluding tert-OH is 1. The molecule has 3 rings (SSSR count). The molecule has 0 aromatic heterocycles. The molecule has 22 heavy (non-hydrogen) atoms. The van der Waals surface area contributed by atoms with Crippen LogP contribution in [0.4, 0.5) is 0 Å². The Balaban J connectivity index is 1.94. The second kappa shape index (κ2) is 6.88. The molecule has 0 bridgehead atoms. The molecule has 0 amide bonds. The molecule has 3 unspecified atom stereocenters. The first kappa shape index (κ1) is 15.6. The van der Waals surface area contributed by atoms with E-state index in [-0.39, 0.29) is 6.04 Å². The van der Waals surface area contributed by atoms with Gasteiger partial charge in [-0.05, 0) is 50.9 Å². The summed E-state index contributed by atoms with van der Waals surface area (Å²) in [5.41, 5.74) is 1.07. The lowest BCUT2D eigenvalue weighted by molar-refractivity contribution is -0.0291. The summed E-state index contributed by atoms with van der Waals surface area (Å²) in [6.45, 7) is 6.30. The summed E-state index contributed by atoms with van der Waals surface area (Å²) < 4.78 is 11.4. The number of hydrogen-bond acceptors (Lipinski definition) is 4. The highest BCUT2D eigenvalue weighted by atomic mass is 16.5. The van der Waals surface area contributed by atoms with Crippen LogP contribution in [0.15, 0.2) is 18.2 Å². The third-order valence-corrected chi connectivity index (χ3v) is 4.89. The van der Waals surface area contributed by atoms with Crippen LogP contribution in [0, 0.1) is 0 Å². The van der Waals surface area contributed by atoms with Crippen molar-refractivity contribution in [2.24, 2.45) is 0 Å². The predicted octanol–water partition coefficient (Wildman–Crippen LogP) is 3.14. The normalized spacial score (nSPS) is 28.8.